The summed E-state index contributed by atoms with van der Waals surface area (Å²) in [4.78, 5) is 37.9. The van der Waals surface area contributed by atoms with Gasteiger partial charge in [0.05, 0.1) is 16.8 Å². The molecule has 0 bridgehead atoms. The lowest BCUT2D eigenvalue weighted by molar-refractivity contribution is -0.117. The van der Waals surface area contributed by atoms with Crippen LogP contribution in [0, 0.1) is 6.92 Å². The Balaban J connectivity index is 1.30. The first-order chi connectivity index (χ1) is 18.8. The number of benzene rings is 3. The number of nitrogens with zero attached hydrogens (tertiary/aromatic N) is 4. The molecule has 5 aromatic rings. The molecule has 10 nitrogen and oxygen atoms in total. The smallest absolute Gasteiger partial charge is 0.290 e. The number of hydrazine groups is 1. The first-order valence-corrected chi connectivity index (χ1v) is 12.5. The summed E-state index contributed by atoms with van der Waals surface area (Å²) in [5.74, 6) is 0.200. The molecule has 196 valence electrons. The van der Waals surface area contributed by atoms with Crippen molar-refractivity contribution in [2.45, 2.75) is 13.3 Å². The summed E-state index contributed by atoms with van der Waals surface area (Å²) < 4.78 is 8.32. The number of aromatic nitrogens is 3. The lowest BCUT2D eigenvalue weighted by Crippen LogP contribution is -2.34. The molecule has 2 N–H and O–H groups in total. The Morgan fingerprint density at radius 3 is 2.41 bits per heavy atom. The third-order valence-electron chi connectivity index (χ3n) is 6.92. The van der Waals surface area contributed by atoms with Crippen molar-refractivity contribution in [2.24, 2.45) is 14.1 Å². The van der Waals surface area contributed by atoms with E-state index in [1.165, 1.54) is 9.75 Å². The van der Waals surface area contributed by atoms with Crippen LogP contribution in [0.4, 0.5) is 11.4 Å². The van der Waals surface area contributed by atoms with Gasteiger partial charge in [-0.2, -0.15) is 9.84 Å². The number of amides is 2. The van der Waals surface area contributed by atoms with Crippen LogP contribution in [0.1, 0.15) is 22.7 Å². The van der Waals surface area contributed by atoms with Crippen LogP contribution in [0.3, 0.4) is 0 Å². The maximum Gasteiger partial charge on any atom is 0.290 e. The molecule has 3 aromatic carbocycles. The highest BCUT2D eigenvalue weighted by Crippen LogP contribution is 2.29. The molecule has 1 saturated heterocycles. The zero-order chi connectivity index (χ0) is 27.3. The molecule has 1 fully saturated rings. The van der Waals surface area contributed by atoms with Gasteiger partial charge in [0, 0.05) is 38.1 Å². The first-order valence-electron chi connectivity index (χ1n) is 12.5. The number of carbonyl (C=O) groups excluding carboxylic acids is 2. The van der Waals surface area contributed by atoms with Crippen LogP contribution in [0.2, 0.25) is 0 Å². The molecule has 3 heterocycles. The number of anilines is 2. The molecule has 1 aliphatic heterocycles. The molecule has 1 aliphatic rings. The topological polar surface area (TPSA) is 114 Å². The molecule has 0 radical (unpaired) electrons. The van der Waals surface area contributed by atoms with E-state index in [1.807, 2.05) is 48.5 Å². The Labute approximate surface area is 223 Å². The Morgan fingerprint density at radius 2 is 1.72 bits per heavy atom. The van der Waals surface area contributed by atoms with Gasteiger partial charge < -0.3 is 9.84 Å². The zero-order valence-corrected chi connectivity index (χ0v) is 21.7. The van der Waals surface area contributed by atoms with Gasteiger partial charge in [0.2, 0.25) is 5.91 Å². The Hall–Kier alpha value is -4.96. The molecule has 6 rings (SSSR count). The van der Waals surface area contributed by atoms with Crippen LogP contribution >= 0.6 is 0 Å². The van der Waals surface area contributed by atoms with E-state index in [4.69, 9.17) is 4.52 Å². The SMILES string of the molecule is Cc1on(C)c(=O)c1-c1ccc(-c2ccc3c(c2)c(C(=O)Nc2cccc(N4NCCC4=O)c2)nn3C)cc1. The highest BCUT2D eigenvalue weighted by molar-refractivity contribution is 6.12. The zero-order valence-electron chi connectivity index (χ0n) is 21.7. The summed E-state index contributed by atoms with van der Waals surface area (Å²) >= 11 is 0. The van der Waals surface area contributed by atoms with Gasteiger partial charge in [0.25, 0.3) is 11.5 Å². The molecule has 0 atom stereocenters. The lowest BCUT2D eigenvalue weighted by atomic mass is 9.99. The minimum absolute atomic E-state index is 0.0165. The number of fused-ring (bicyclic) bond motifs is 1. The van der Waals surface area contributed by atoms with Gasteiger partial charge >= 0.3 is 0 Å². The van der Waals surface area contributed by atoms with Crippen LogP contribution in [-0.4, -0.2) is 32.9 Å². The van der Waals surface area contributed by atoms with Crippen LogP contribution in [0.25, 0.3) is 33.2 Å². The van der Waals surface area contributed by atoms with E-state index in [-0.39, 0.29) is 17.4 Å². The van der Waals surface area contributed by atoms with E-state index in [0.717, 1.165) is 22.2 Å². The van der Waals surface area contributed by atoms with E-state index < -0.39 is 0 Å². The minimum Gasteiger partial charge on any atom is -0.381 e. The normalized spacial score (nSPS) is 13.4. The maximum absolute atomic E-state index is 13.3. The Bertz CT molecular complexity index is 1810. The van der Waals surface area contributed by atoms with Crippen molar-refractivity contribution in [3.05, 3.63) is 88.5 Å². The molecular weight excluding hydrogens is 496 g/mol. The van der Waals surface area contributed by atoms with Gasteiger partial charge in [-0.3, -0.25) is 19.1 Å². The molecule has 2 aromatic heterocycles. The van der Waals surface area contributed by atoms with E-state index in [1.54, 1.807) is 43.9 Å². The second-order valence-electron chi connectivity index (χ2n) is 9.50. The van der Waals surface area contributed by atoms with Gasteiger partial charge in [0.1, 0.15) is 5.76 Å². The van der Waals surface area contributed by atoms with Crippen LogP contribution in [0.15, 0.2) is 76.0 Å². The molecule has 10 heteroatoms. The predicted molar refractivity (Wildman–Crippen MR) is 148 cm³/mol. The van der Waals surface area contributed by atoms with E-state index in [9.17, 15) is 14.4 Å². The monoisotopic (exact) mass is 522 g/mol. The van der Waals surface area contributed by atoms with Gasteiger partial charge in [-0.15, -0.1) is 0 Å². The quantitative estimate of drug-likeness (QED) is 0.361. The largest absolute Gasteiger partial charge is 0.381 e. The maximum atomic E-state index is 13.3. The second-order valence-corrected chi connectivity index (χ2v) is 9.50. The second kappa shape index (κ2) is 9.41. The Kier molecular flexibility index (Phi) is 5.88. The average molecular weight is 523 g/mol. The third-order valence-corrected chi connectivity index (χ3v) is 6.92. The van der Waals surface area contributed by atoms with Crippen LogP contribution in [-0.2, 0) is 18.9 Å². The highest BCUT2D eigenvalue weighted by atomic mass is 16.5. The predicted octanol–water partition coefficient (Wildman–Crippen LogP) is 4.00. The highest BCUT2D eigenvalue weighted by Gasteiger charge is 2.22. The van der Waals surface area contributed by atoms with Crippen LogP contribution in [0.5, 0.6) is 0 Å². The van der Waals surface area contributed by atoms with Crippen molar-refractivity contribution in [1.82, 2.24) is 19.9 Å². The molecule has 0 unspecified atom stereocenters. The summed E-state index contributed by atoms with van der Waals surface area (Å²) in [7, 11) is 3.39. The summed E-state index contributed by atoms with van der Waals surface area (Å²) in [5.41, 5.74) is 8.36. The number of hydrogen-bond acceptors (Lipinski definition) is 6. The lowest BCUT2D eigenvalue weighted by Gasteiger charge is -2.16. The van der Waals surface area contributed by atoms with Crippen molar-refractivity contribution >= 4 is 34.1 Å². The van der Waals surface area contributed by atoms with E-state index in [2.05, 4.69) is 15.8 Å². The standard InChI is InChI=1S/C29H26N6O4/c1-17-26(29(38)34(3)39-17)19-9-7-18(8-10-19)20-11-12-24-23(15-20)27(32-33(24)2)28(37)31-21-5-4-6-22(16-21)35-25(36)13-14-30-35/h4-12,15-16,30H,13-14H2,1-3H3,(H,31,37). The Morgan fingerprint density at radius 1 is 0.974 bits per heavy atom. The number of carbonyl (C=O) groups is 2. The molecular formula is C29H26N6O4. The summed E-state index contributed by atoms with van der Waals surface area (Å²) in [6, 6.07) is 20.6. The molecule has 0 aliphatic carbocycles. The first kappa shape index (κ1) is 24.4. The molecule has 0 spiro atoms. The third kappa shape index (κ3) is 4.30. The minimum atomic E-state index is -0.350. The van der Waals surface area contributed by atoms with Crippen molar-refractivity contribution < 1.29 is 14.1 Å². The van der Waals surface area contributed by atoms with Gasteiger partial charge in [-0.25, -0.2) is 10.4 Å². The van der Waals surface area contributed by atoms with Crippen molar-refractivity contribution in [2.75, 3.05) is 16.9 Å². The number of hydrogen-bond donors (Lipinski definition) is 2. The molecule has 2 amide bonds. The van der Waals surface area contributed by atoms with E-state index in [0.29, 0.717) is 46.7 Å². The van der Waals surface area contributed by atoms with E-state index >= 15 is 0 Å². The summed E-state index contributed by atoms with van der Waals surface area (Å²) in [6.45, 7) is 2.36. The fourth-order valence-corrected chi connectivity index (χ4v) is 4.99. The van der Waals surface area contributed by atoms with Gasteiger partial charge in [-0.05, 0) is 53.9 Å². The fourth-order valence-electron chi connectivity index (χ4n) is 4.99. The van der Waals surface area contributed by atoms with Gasteiger partial charge in [0.15, 0.2) is 5.69 Å². The summed E-state index contributed by atoms with van der Waals surface area (Å²) in [6.07, 6.45) is 0.433. The number of aryl methyl sites for hydroxylation is 3. The average Bonchev–Trinajstić information content (AvgIpc) is 3.59. The van der Waals surface area contributed by atoms with Crippen LogP contribution < -0.4 is 21.3 Å². The van der Waals surface area contributed by atoms with Crippen molar-refractivity contribution in [3.63, 3.8) is 0 Å². The van der Waals surface area contributed by atoms with Gasteiger partial charge in [-0.1, -0.05) is 36.4 Å². The molecule has 0 saturated carbocycles. The molecule has 39 heavy (non-hydrogen) atoms. The number of rotatable bonds is 5. The fraction of sp³-hybridized carbons (Fsp3) is 0.172. The van der Waals surface area contributed by atoms with Crippen molar-refractivity contribution in [1.29, 1.82) is 0 Å². The number of nitrogens with one attached hydrogen (secondary N) is 2. The van der Waals surface area contributed by atoms with Crippen molar-refractivity contribution in [3.8, 4) is 22.3 Å². The summed E-state index contributed by atoms with van der Waals surface area (Å²) in [5, 5.41) is 9.61.